The Hall–Kier alpha value is -1.95. The van der Waals surface area contributed by atoms with E-state index in [0.29, 0.717) is 23.1 Å². The molecule has 1 N–H and O–H groups in total. The van der Waals surface area contributed by atoms with Crippen molar-refractivity contribution in [2.45, 2.75) is 25.2 Å². The standard InChI is InChI=1S/C17H21N3O2S/c1-12-16(13(2)22-19-12)18-17(21)20-9-8-14(10-20)11-23-15-6-4-3-5-7-15/h3-7,14H,8-11H2,1-2H3,(H,18,21)/t14-/m1/s1. The van der Waals surface area contributed by atoms with E-state index in [4.69, 9.17) is 4.52 Å². The highest BCUT2D eigenvalue weighted by molar-refractivity contribution is 7.99. The van der Waals surface area contributed by atoms with Crippen LogP contribution in [0.3, 0.4) is 0 Å². The smallest absolute Gasteiger partial charge is 0.322 e. The number of aryl methyl sites for hydroxylation is 2. The van der Waals surface area contributed by atoms with E-state index in [0.717, 1.165) is 25.3 Å². The van der Waals surface area contributed by atoms with Crippen molar-refractivity contribution in [2.75, 3.05) is 24.2 Å². The summed E-state index contributed by atoms with van der Waals surface area (Å²) in [6.07, 6.45) is 1.05. The third-order valence-corrected chi connectivity index (χ3v) is 5.31. The van der Waals surface area contributed by atoms with Gasteiger partial charge >= 0.3 is 6.03 Å². The van der Waals surface area contributed by atoms with Crippen LogP contribution < -0.4 is 5.32 Å². The highest BCUT2D eigenvalue weighted by atomic mass is 32.2. The van der Waals surface area contributed by atoms with Gasteiger partial charge in [0.25, 0.3) is 0 Å². The monoisotopic (exact) mass is 331 g/mol. The molecule has 1 atom stereocenters. The number of carbonyl (C=O) groups is 1. The van der Waals surface area contributed by atoms with E-state index in [-0.39, 0.29) is 6.03 Å². The number of amides is 2. The summed E-state index contributed by atoms with van der Waals surface area (Å²) in [5.74, 6) is 2.22. The van der Waals surface area contributed by atoms with E-state index in [1.807, 2.05) is 29.7 Å². The Morgan fingerprint density at radius 3 is 2.87 bits per heavy atom. The molecule has 2 aromatic rings. The molecule has 1 saturated heterocycles. The Labute approximate surface area is 140 Å². The van der Waals surface area contributed by atoms with Crippen LogP contribution in [-0.2, 0) is 0 Å². The highest BCUT2D eigenvalue weighted by Gasteiger charge is 2.27. The van der Waals surface area contributed by atoms with Crippen LogP contribution in [-0.4, -0.2) is 34.9 Å². The Balaban J connectivity index is 1.50. The first kappa shape index (κ1) is 15.9. The first-order valence-electron chi connectivity index (χ1n) is 7.80. The van der Waals surface area contributed by atoms with Crippen molar-refractivity contribution >= 4 is 23.5 Å². The predicted molar refractivity (Wildman–Crippen MR) is 91.8 cm³/mol. The van der Waals surface area contributed by atoms with Gasteiger partial charge in [0.2, 0.25) is 0 Å². The molecular formula is C17H21N3O2S. The molecule has 2 heterocycles. The molecular weight excluding hydrogens is 310 g/mol. The van der Waals surface area contributed by atoms with Gasteiger partial charge in [-0.2, -0.15) is 0 Å². The summed E-state index contributed by atoms with van der Waals surface area (Å²) < 4.78 is 5.08. The summed E-state index contributed by atoms with van der Waals surface area (Å²) in [6, 6.07) is 10.3. The number of carbonyl (C=O) groups excluding carboxylic acids is 1. The summed E-state index contributed by atoms with van der Waals surface area (Å²) in [7, 11) is 0. The predicted octanol–water partition coefficient (Wildman–Crippen LogP) is 3.94. The average Bonchev–Trinajstić information content (AvgIpc) is 3.16. The normalized spacial score (nSPS) is 17.5. The van der Waals surface area contributed by atoms with Gasteiger partial charge < -0.3 is 14.7 Å². The first-order chi connectivity index (χ1) is 11.1. The fraction of sp³-hybridized carbons (Fsp3) is 0.412. The Bertz CT molecular complexity index is 652. The molecule has 0 spiro atoms. The molecule has 0 unspecified atom stereocenters. The summed E-state index contributed by atoms with van der Waals surface area (Å²) in [5.41, 5.74) is 1.41. The number of rotatable bonds is 4. The lowest BCUT2D eigenvalue weighted by molar-refractivity contribution is 0.221. The molecule has 6 heteroatoms. The molecule has 122 valence electrons. The lowest BCUT2D eigenvalue weighted by Crippen LogP contribution is -2.33. The summed E-state index contributed by atoms with van der Waals surface area (Å²) in [4.78, 5) is 15.5. The number of nitrogens with zero attached hydrogens (tertiary/aromatic N) is 2. The van der Waals surface area contributed by atoms with Crippen LogP contribution in [0.1, 0.15) is 17.9 Å². The maximum atomic E-state index is 12.4. The molecule has 1 aromatic heterocycles. The molecule has 0 bridgehead atoms. The molecule has 5 nitrogen and oxygen atoms in total. The van der Waals surface area contributed by atoms with Crippen molar-refractivity contribution < 1.29 is 9.32 Å². The molecule has 1 aromatic carbocycles. The summed E-state index contributed by atoms with van der Waals surface area (Å²) >= 11 is 1.86. The van der Waals surface area contributed by atoms with Crippen LogP contribution in [0.15, 0.2) is 39.8 Å². The largest absolute Gasteiger partial charge is 0.359 e. The molecule has 1 aliphatic heterocycles. The third kappa shape index (κ3) is 3.88. The molecule has 3 rings (SSSR count). The Kier molecular flexibility index (Phi) is 4.91. The number of benzene rings is 1. The average molecular weight is 331 g/mol. The number of thioether (sulfide) groups is 1. The van der Waals surface area contributed by atoms with E-state index in [2.05, 4.69) is 34.7 Å². The molecule has 1 fully saturated rings. The topological polar surface area (TPSA) is 58.4 Å². The van der Waals surface area contributed by atoms with Crippen LogP contribution >= 0.6 is 11.8 Å². The maximum absolute atomic E-state index is 12.4. The maximum Gasteiger partial charge on any atom is 0.322 e. The van der Waals surface area contributed by atoms with Crippen LogP contribution in [0.5, 0.6) is 0 Å². The molecule has 0 aliphatic carbocycles. The van der Waals surface area contributed by atoms with Gasteiger partial charge in [0.05, 0.1) is 0 Å². The third-order valence-electron chi connectivity index (χ3n) is 4.07. The number of aromatic nitrogens is 1. The van der Waals surface area contributed by atoms with Gasteiger partial charge in [-0.05, 0) is 38.3 Å². The van der Waals surface area contributed by atoms with E-state index >= 15 is 0 Å². The van der Waals surface area contributed by atoms with Gasteiger partial charge in [0, 0.05) is 23.7 Å². The second kappa shape index (κ2) is 7.08. The van der Waals surface area contributed by atoms with Gasteiger partial charge in [-0.25, -0.2) is 4.79 Å². The number of urea groups is 1. The van der Waals surface area contributed by atoms with E-state index in [1.165, 1.54) is 4.90 Å². The zero-order valence-electron chi connectivity index (χ0n) is 13.4. The quantitative estimate of drug-likeness (QED) is 0.862. The Morgan fingerprint density at radius 1 is 1.39 bits per heavy atom. The van der Waals surface area contributed by atoms with E-state index in [9.17, 15) is 4.79 Å². The van der Waals surface area contributed by atoms with E-state index in [1.54, 1.807) is 6.92 Å². The molecule has 23 heavy (non-hydrogen) atoms. The van der Waals surface area contributed by atoms with Gasteiger partial charge in [-0.3, -0.25) is 0 Å². The zero-order chi connectivity index (χ0) is 16.2. The van der Waals surface area contributed by atoms with Crippen molar-refractivity contribution in [3.63, 3.8) is 0 Å². The SMILES string of the molecule is Cc1noc(C)c1NC(=O)N1CC[C@@H](CSc2ccccc2)C1. The van der Waals surface area contributed by atoms with Gasteiger partial charge in [0.15, 0.2) is 5.76 Å². The molecule has 2 amide bonds. The fourth-order valence-electron chi connectivity index (χ4n) is 2.73. The molecule has 0 saturated carbocycles. The number of hydrogen-bond donors (Lipinski definition) is 1. The number of nitrogens with one attached hydrogen (secondary N) is 1. The van der Waals surface area contributed by atoms with Crippen LogP contribution in [0.2, 0.25) is 0 Å². The van der Waals surface area contributed by atoms with Crippen molar-refractivity contribution in [1.82, 2.24) is 10.1 Å². The second-order valence-electron chi connectivity index (χ2n) is 5.85. The minimum Gasteiger partial charge on any atom is -0.359 e. The van der Waals surface area contributed by atoms with Crippen molar-refractivity contribution in [3.05, 3.63) is 41.8 Å². The number of likely N-dealkylation sites (tertiary alicyclic amines) is 1. The van der Waals surface area contributed by atoms with Gasteiger partial charge in [-0.1, -0.05) is 23.4 Å². The van der Waals surface area contributed by atoms with Gasteiger partial charge in [-0.15, -0.1) is 11.8 Å². The van der Waals surface area contributed by atoms with Crippen molar-refractivity contribution in [3.8, 4) is 0 Å². The number of anilines is 1. The lowest BCUT2D eigenvalue weighted by Gasteiger charge is -2.17. The lowest BCUT2D eigenvalue weighted by atomic mass is 10.2. The minimum atomic E-state index is -0.0633. The van der Waals surface area contributed by atoms with Crippen molar-refractivity contribution in [1.29, 1.82) is 0 Å². The van der Waals surface area contributed by atoms with E-state index < -0.39 is 0 Å². The Morgan fingerprint density at radius 2 is 2.17 bits per heavy atom. The highest BCUT2D eigenvalue weighted by Crippen LogP contribution is 2.27. The van der Waals surface area contributed by atoms with Crippen molar-refractivity contribution in [2.24, 2.45) is 5.92 Å². The van der Waals surface area contributed by atoms with Crippen LogP contribution in [0.4, 0.5) is 10.5 Å². The van der Waals surface area contributed by atoms with Crippen LogP contribution in [0.25, 0.3) is 0 Å². The fourth-order valence-corrected chi connectivity index (χ4v) is 3.78. The molecule has 0 radical (unpaired) electrons. The van der Waals surface area contributed by atoms with Gasteiger partial charge in [0.1, 0.15) is 11.4 Å². The summed E-state index contributed by atoms with van der Waals surface area (Å²) in [5, 5.41) is 6.78. The summed E-state index contributed by atoms with van der Waals surface area (Å²) in [6.45, 7) is 5.23. The zero-order valence-corrected chi connectivity index (χ0v) is 14.2. The van der Waals surface area contributed by atoms with Crippen LogP contribution in [0, 0.1) is 19.8 Å². The molecule has 1 aliphatic rings. The number of hydrogen-bond acceptors (Lipinski definition) is 4. The second-order valence-corrected chi connectivity index (χ2v) is 6.95. The first-order valence-corrected chi connectivity index (χ1v) is 8.78. The minimum absolute atomic E-state index is 0.0633.